The average Bonchev–Trinajstić information content (AvgIpc) is 2.56. The van der Waals surface area contributed by atoms with Crippen LogP contribution in [0.5, 0.6) is 17.2 Å². The summed E-state index contributed by atoms with van der Waals surface area (Å²) < 4.78 is 0. The third-order valence-electron chi connectivity index (χ3n) is 3.13. The molecule has 0 aliphatic rings. The lowest BCUT2D eigenvalue weighted by molar-refractivity contribution is -0.384. The molecule has 0 aromatic heterocycles. The molecular formula is C15H13N3O6. The molecule has 0 unspecified atom stereocenters. The number of rotatable bonds is 4. The standard InChI is InChI=1S/C15H13N3O6/c1-8(9-3-2-4-11(5-9)18(23)24)16-17-15(22)10-6-12(19)14(21)13(20)7-10/h2-7,19-21H,1H3,(H,17,22). The molecule has 0 radical (unpaired) electrons. The SMILES string of the molecule is CC(=NNC(=O)c1cc(O)c(O)c(O)c1)c1cccc([N+](=O)[O-])c1. The number of non-ortho nitro benzene ring substituents is 1. The first-order valence-corrected chi connectivity index (χ1v) is 6.64. The number of hydrazone groups is 1. The molecule has 0 saturated carbocycles. The van der Waals surface area contributed by atoms with Gasteiger partial charge in [0.05, 0.1) is 10.6 Å². The predicted octanol–water partition coefficient (Wildman–Crippen LogP) is 1.87. The summed E-state index contributed by atoms with van der Waals surface area (Å²) in [4.78, 5) is 22.1. The molecule has 1 amide bonds. The molecule has 2 aromatic carbocycles. The van der Waals surface area contributed by atoms with Crippen LogP contribution in [0.4, 0.5) is 5.69 Å². The Labute approximate surface area is 135 Å². The minimum absolute atomic E-state index is 0.109. The van der Waals surface area contributed by atoms with Crippen LogP contribution in [-0.4, -0.2) is 31.9 Å². The van der Waals surface area contributed by atoms with Crippen LogP contribution in [0, 0.1) is 10.1 Å². The van der Waals surface area contributed by atoms with Crippen molar-refractivity contribution in [3.8, 4) is 17.2 Å². The molecule has 0 atom stereocenters. The summed E-state index contributed by atoms with van der Waals surface area (Å²) in [5.74, 6) is -2.78. The van der Waals surface area contributed by atoms with Crippen molar-refractivity contribution in [3.63, 3.8) is 0 Å². The van der Waals surface area contributed by atoms with Gasteiger partial charge in [-0.15, -0.1) is 0 Å². The molecule has 9 heteroatoms. The maximum absolute atomic E-state index is 11.9. The van der Waals surface area contributed by atoms with E-state index in [1.807, 2.05) is 0 Å². The van der Waals surface area contributed by atoms with Gasteiger partial charge in [0.1, 0.15) is 0 Å². The molecule has 9 nitrogen and oxygen atoms in total. The van der Waals surface area contributed by atoms with Crippen molar-refractivity contribution in [3.05, 3.63) is 57.6 Å². The maximum atomic E-state index is 11.9. The first kappa shape index (κ1) is 16.7. The molecule has 0 aliphatic carbocycles. The zero-order valence-corrected chi connectivity index (χ0v) is 12.4. The number of amides is 1. The Bertz CT molecular complexity index is 824. The molecule has 0 aliphatic heterocycles. The Morgan fingerprint density at radius 1 is 1.12 bits per heavy atom. The van der Waals surface area contributed by atoms with Crippen molar-refractivity contribution in [2.45, 2.75) is 6.92 Å². The molecule has 2 rings (SSSR count). The van der Waals surface area contributed by atoms with E-state index < -0.39 is 28.1 Å². The van der Waals surface area contributed by atoms with Crippen molar-refractivity contribution < 1.29 is 25.0 Å². The first-order chi connectivity index (χ1) is 11.3. The highest BCUT2D eigenvalue weighted by Crippen LogP contribution is 2.35. The lowest BCUT2D eigenvalue weighted by atomic mass is 10.1. The maximum Gasteiger partial charge on any atom is 0.271 e. The predicted molar refractivity (Wildman–Crippen MR) is 84.2 cm³/mol. The van der Waals surface area contributed by atoms with Gasteiger partial charge in [-0.2, -0.15) is 5.10 Å². The van der Waals surface area contributed by atoms with Crippen LogP contribution in [0.1, 0.15) is 22.8 Å². The number of benzene rings is 2. The van der Waals surface area contributed by atoms with Gasteiger partial charge < -0.3 is 15.3 Å². The van der Waals surface area contributed by atoms with Crippen LogP contribution in [0.25, 0.3) is 0 Å². The number of hydrogen-bond acceptors (Lipinski definition) is 7. The monoisotopic (exact) mass is 331 g/mol. The number of phenolic OH excluding ortho intramolecular Hbond substituents is 3. The van der Waals surface area contributed by atoms with Crippen molar-refractivity contribution >= 4 is 17.3 Å². The van der Waals surface area contributed by atoms with Crippen molar-refractivity contribution in [2.75, 3.05) is 0 Å². The van der Waals surface area contributed by atoms with Gasteiger partial charge >= 0.3 is 0 Å². The Balaban J connectivity index is 2.19. The van der Waals surface area contributed by atoms with E-state index in [-0.39, 0.29) is 11.3 Å². The van der Waals surface area contributed by atoms with E-state index in [2.05, 4.69) is 10.5 Å². The highest BCUT2D eigenvalue weighted by molar-refractivity contribution is 6.01. The lowest BCUT2D eigenvalue weighted by Crippen LogP contribution is -2.19. The summed E-state index contributed by atoms with van der Waals surface area (Å²) in [5.41, 5.74) is 2.72. The van der Waals surface area contributed by atoms with Crippen LogP contribution in [-0.2, 0) is 0 Å². The third kappa shape index (κ3) is 3.58. The number of nitro benzene ring substituents is 1. The van der Waals surface area contributed by atoms with E-state index >= 15 is 0 Å². The second kappa shape index (κ2) is 6.65. The number of nitro groups is 1. The molecular weight excluding hydrogens is 318 g/mol. The van der Waals surface area contributed by atoms with Crippen molar-refractivity contribution in [1.82, 2.24) is 5.43 Å². The summed E-state index contributed by atoms with van der Waals surface area (Å²) in [7, 11) is 0. The van der Waals surface area contributed by atoms with Gasteiger partial charge in [-0.05, 0) is 19.1 Å². The van der Waals surface area contributed by atoms with E-state index in [9.17, 15) is 30.2 Å². The minimum atomic E-state index is -0.745. The molecule has 0 bridgehead atoms. The molecule has 0 spiro atoms. The van der Waals surface area contributed by atoms with Crippen LogP contribution in [0.2, 0.25) is 0 Å². The Morgan fingerprint density at radius 3 is 2.33 bits per heavy atom. The second-order valence-corrected chi connectivity index (χ2v) is 4.81. The zero-order valence-electron chi connectivity index (χ0n) is 12.4. The smallest absolute Gasteiger partial charge is 0.271 e. The van der Waals surface area contributed by atoms with Crippen LogP contribution in [0.15, 0.2) is 41.5 Å². The highest BCUT2D eigenvalue weighted by atomic mass is 16.6. The largest absolute Gasteiger partial charge is 0.504 e. The van der Waals surface area contributed by atoms with Gasteiger partial charge in [0.15, 0.2) is 17.2 Å². The molecule has 24 heavy (non-hydrogen) atoms. The summed E-state index contributed by atoms with van der Waals surface area (Å²) in [6.07, 6.45) is 0. The van der Waals surface area contributed by atoms with Crippen LogP contribution in [0.3, 0.4) is 0 Å². The molecule has 4 N–H and O–H groups in total. The Hall–Kier alpha value is -3.62. The number of nitrogens with zero attached hydrogens (tertiary/aromatic N) is 2. The Morgan fingerprint density at radius 2 is 1.75 bits per heavy atom. The summed E-state index contributed by atoms with van der Waals surface area (Å²) in [6.45, 7) is 1.55. The fraction of sp³-hybridized carbons (Fsp3) is 0.0667. The van der Waals surface area contributed by atoms with E-state index in [1.165, 1.54) is 18.2 Å². The van der Waals surface area contributed by atoms with Crippen LogP contribution >= 0.6 is 0 Å². The van der Waals surface area contributed by atoms with Gasteiger partial charge in [-0.3, -0.25) is 14.9 Å². The number of phenols is 3. The molecule has 0 fully saturated rings. The Kier molecular flexibility index (Phi) is 4.64. The molecule has 0 saturated heterocycles. The second-order valence-electron chi connectivity index (χ2n) is 4.81. The first-order valence-electron chi connectivity index (χ1n) is 6.64. The van der Waals surface area contributed by atoms with E-state index in [0.717, 1.165) is 12.1 Å². The third-order valence-corrected chi connectivity index (χ3v) is 3.13. The number of nitrogens with one attached hydrogen (secondary N) is 1. The summed E-state index contributed by atoms with van der Waals surface area (Å²) in [6, 6.07) is 7.65. The fourth-order valence-corrected chi connectivity index (χ4v) is 1.84. The molecule has 2 aromatic rings. The summed E-state index contributed by atoms with van der Waals surface area (Å²) >= 11 is 0. The molecule has 0 heterocycles. The average molecular weight is 331 g/mol. The van der Waals surface area contributed by atoms with Gasteiger partial charge in [0.25, 0.3) is 11.6 Å². The lowest BCUT2D eigenvalue weighted by Gasteiger charge is -2.06. The number of aromatic hydroxyl groups is 3. The van der Waals surface area contributed by atoms with Gasteiger partial charge in [0, 0.05) is 23.3 Å². The number of hydrogen-bond donors (Lipinski definition) is 4. The highest BCUT2D eigenvalue weighted by Gasteiger charge is 2.13. The van der Waals surface area contributed by atoms with Gasteiger partial charge in [-0.25, -0.2) is 5.43 Å². The number of carbonyl (C=O) groups is 1. The fourth-order valence-electron chi connectivity index (χ4n) is 1.84. The van der Waals surface area contributed by atoms with Gasteiger partial charge in [0.2, 0.25) is 0 Å². The van der Waals surface area contributed by atoms with Crippen molar-refractivity contribution in [2.24, 2.45) is 5.10 Å². The van der Waals surface area contributed by atoms with E-state index in [0.29, 0.717) is 11.3 Å². The quantitative estimate of drug-likeness (QED) is 0.291. The van der Waals surface area contributed by atoms with Crippen LogP contribution < -0.4 is 5.43 Å². The topological polar surface area (TPSA) is 145 Å². The van der Waals surface area contributed by atoms with Gasteiger partial charge in [-0.1, -0.05) is 12.1 Å². The van der Waals surface area contributed by atoms with Crippen molar-refractivity contribution in [1.29, 1.82) is 0 Å². The normalized spacial score (nSPS) is 11.1. The zero-order chi connectivity index (χ0) is 17.9. The molecule has 124 valence electrons. The van der Waals surface area contributed by atoms with E-state index in [4.69, 9.17) is 0 Å². The van der Waals surface area contributed by atoms with E-state index in [1.54, 1.807) is 13.0 Å². The minimum Gasteiger partial charge on any atom is -0.504 e. The number of carbonyl (C=O) groups excluding carboxylic acids is 1. The summed E-state index contributed by atoms with van der Waals surface area (Å²) in [5, 5.41) is 42.6.